The number of nitrogens with zero attached hydrogens (tertiary/aromatic N) is 1. The number of imide groups is 1. The smallest absolute Gasteiger partial charge is 0.255 e. The van der Waals surface area contributed by atoms with Gasteiger partial charge in [0.25, 0.3) is 5.91 Å². The number of benzene rings is 1. The standard InChI is InChI=1S/C20H26N4O3/c1-12(21)20(7-8-20)11-22-9-13-3-2-4-14-15(13)10-24(19(14)27)16-5-6-17(25)23-18(16)26/h2-4,12,16,22H,5-11,21H2,1H3,(H,23,25,26). The minimum atomic E-state index is -0.573. The molecule has 2 fully saturated rings. The minimum absolute atomic E-state index is 0.129. The largest absolute Gasteiger partial charge is 0.327 e. The summed E-state index contributed by atoms with van der Waals surface area (Å²) >= 11 is 0. The van der Waals surface area contributed by atoms with Gasteiger partial charge in [-0.1, -0.05) is 12.1 Å². The molecule has 144 valence electrons. The van der Waals surface area contributed by atoms with Crippen LogP contribution in [0.4, 0.5) is 0 Å². The molecule has 1 aromatic carbocycles. The highest BCUT2D eigenvalue weighted by Gasteiger charge is 2.45. The summed E-state index contributed by atoms with van der Waals surface area (Å²) in [5, 5.41) is 5.85. The van der Waals surface area contributed by atoms with Crippen molar-refractivity contribution in [3.63, 3.8) is 0 Å². The Hall–Kier alpha value is -2.25. The van der Waals surface area contributed by atoms with Crippen LogP contribution in [0.3, 0.4) is 0 Å². The van der Waals surface area contributed by atoms with Crippen molar-refractivity contribution in [1.82, 2.24) is 15.5 Å². The van der Waals surface area contributed by atoms with Crippen molar-refractivity contribution in [1.29, 1.82) is 0 Å². The summed E-state index contributed by atoms with van der Waals surface area (Å²) in [7, 11) is 0. The molecule has 7 heteroatoms. The monoisotopic (exact) mass is 370 g/mol. The van der Waals surface area contributed by atoms with Crippen LogP contribution in [0.1, 0.15) is 54.1 Å². The van der Waals surface area contributed by atoms with Gasteiger partial charge in [0.05, 0.1) is 0 Å². The molecular formula is C20H26N4O3. The zero-order chi connectivity index (χ0) is 19.2. The Bertz CT molecular complexity index is 800. The number of carbonyl (C=O) groups excluding carboxylic acids is 3. The molecule has 7 nitrogen and oxygen atoms in total. The van der Waals surface area contributed by atoms with Gasteiger partial charge in [0, 0.05) is 37.7 Å². The van der Waals surface area contributed by atoms with Crippen molar-refractivity contribution in [2.75, 3.05) is 6.54 Å². The zero-order valence-corrected chi connectivity index (χ0v) is 15.6. The predicted molar refractivity (Wildman–Crippen MR) is 99.5 cm³/mol. The molecule has 27 heavy (non-hydrogen) atoms. The summed E-state index contributed by atoms with van der Waals surface area (Å²) in [6.45, 7) is 4.02. The summed E-state index contributed by atoms with van der Waals surface area (Å²) < 4.78 is 0. The average Bonchev–Trinajstić information content (AvgIpc) is 3.35. The quantitative estimate of drug-likeness (QED) is 0.638. The van der Waals surface area contributed by atoms with E-state index in [-0.39, 0.29) is 35.6 Å². The molecule has 2 aliphatic heterocycles. The van der Waals surface area contributed by atoms with Gasteiger partial charge in [0.1, 0.15) is 6.04 Å². The van der Waals surface area contributed by atoms with Crippen molar-refractivity contribution in [2.24, 2.45) is 11.1 Å². The third-order valence-corrected chi connectivity index (χ3v) is 6.33. The second-order valence-corrected chi connectivity index (χ2v) is 8.10. The molecule has 4 N–H and O–H groups in total. The fourth-order valence-corrected chi connectivity index (χ4v) is 4.22. The fraction of sp³-hybridized carbons (Fsp3) is 0.550. The van der Waals surface area contributed by atoms with E-state index in [0.717, 1.165) is 30.5 Å². The van der Waals surface area contributed by atoms with E-state index in [1.165, 1.54) is 0 Å². The highest BCUT2D eigenvalue weighted by Crippen LogP contribution is 2.47. The first-order valence-corrected chi connectivity index (χ1v) is 9.63. The van der Waals surface area contributed by atoms with Gasteiger partial charge in [-0.3, -0.25) is 19.7 Å². The summed E-state index contributed by atoms with van der Waals surface area (Å²) in [4.78, 5) is 38.0. The Balaban J connectivity index is 1.46. The molecule has 3 amide bonds. The van der Waals surface area contributed by atoms with Gasteiger partial charge >= 0.3 is 0 Å². The first-order chi connectivity index (χ1) is 12.9. The van der Waals surface area contributed by atoms with Gasteiger partial charge in [0.2, 0.25) is 11.8 Å². The molecule has 2 heterocycles. The van der Waals surface area contributed by atoms with Gasteiger partial charge in [-0.2, -0.15) is 0 Å². The predicted octanol–water partition coefficient (Wildman–Crippen LogP) is 0.665. The Morgan fingerprint density at radius 2 is 2.11 bits per heavy atom. The SMILES string of the molecule is CC(N)C1(CNCc2cccc3c2CN(C2CCC(=O)NC2=O)C3=O)CC1. The highest BCUT2D eigenvalue weighted by molar-refractivity contribution is 6.05. The second kappa shape index (κ2) is 6.73. The number of nitrogens with one attached hydrogen (secondary N) is 2. The number of fused-ring (bicyclic) bond motifs is 1. The Morgan fingerprint density at radius 3 is 2.78 bits per heavy atom. The topological polar surface area (TPSA) is 105 Å². The first-order valence-electron chi connectivity index (χ1n) is 9.63. The van der Waals surface area contributed by atoms with Crippen molar-refractivity contribution >= 4 is 17.7 Å². The second-order valence-electron chi connectivity index (χ2n) is 8.10. The number of carbonyl (C=O) groups is 3. The Morgan fingerprint density at radius 1 is 1.33 bits per heavy atom. The highest BCUT2D eigenvalue weighted by atomic mass is 16.2. The number of hydrogen-bond acceptors (Lipinski definition) is 5. The first kappa shape index (κ1) is 18.1. The van der Waals surface area contributed by atoms with Crippen LogP contribution in [-0.2, 0) is 22.7 Å². The summed E-state index contributed by atoms with van der Waals surface area (Å²) in [6.07, 6.45) is 2.97. The maximum Gasteiger partial charge on any atom is 0.255 e. The van der Waals surface area contributed by atoms with Crippen LogP contribution in [-0.4, -0.2) is 41.2 Å². The number of nitrogens with two attached hydrogens (primary N) is 1. The van der Waals surface area contributed by atoms with E-state index < -0.39 is 6.04 Å². The summed E-state index contributed by atoms with van der Waals surface area (Å²) in [5.41, 5.74) is 9.02. The lowest BCUT2D eigenvalue weighted by atomic mass is 9.98. The number of amides is 3. The lowest BCUT2D eigenvalue weighted by molar-refractivity contribution is -0.136. The third-order valence-electron chi connectivity index (χ3n) is 6.33. The van der Waals surface area contributed by atoms with Crippen LogP contribution in [0.15, 0.2) is 18.2 Å². The van der Waals surface area contributed by atoms with Crippen LogP contribution in [0.5, 0.6) is 0 Å². The van der Waals surface area contributed by atoms with E-state index in [2.05, 4.69) is 17.6 Å². The maximum absolute atomic E-state index is 12.8. The molecule has 1 aliphatic carbocycles. The van der Waals surface area contributed by atoms with Crippen LogP contribution in [0.25, 0.3) is 0 Å². The Labute approximate surface area is 158 Å². The van der Waals surface area contributed by atoms with Crippen LogP contribution >= 0.6 is 0 Å². The van der Waals surface area contributed by atoms with E-state index in [0.29, 0.717) is 25.1 Å². The molecule has 1 saturated carbocycles. The summed E-state index contributed by atoms with van der Waals surface area (Å²) in [5.74, 6) is -0.774. The van der Waals surface area contributed by atoms with E-state index >= 15 is 0 Å². The molecule has 2 atom stereocenters. The molecule has 1 aromatic rings. The zero-order valence-electron chi connectivity index (χ0n) is 15.6. The molecule has 0 spiro atoms. The van der Waals surface area contributed by atoms with E-state index in [9.17, 15) is 14.4 Å². The Kier molecular flexibility index (Phi) is 4.52. The molecule has 0 bridgehead atoms. The van der Waals surface area contributed by atoms with Crippen molar-refractivity contribution < 1.29 is 14.4 Å². The molecule has 4 rings (SSSR count). The van der Waals surface area contributed by atoms with Crippen LogP contribution < -0.4 is 16.4 Å². The number of hydrogen-bond donors (Lipinski definition) is 3. The lowest BCUT2D eigenvalue weighted by Crippen LogP contribution is -2.52. The van der Waals surface area contributed by atoms with Crippen LogP contribution in [0, 0.1) is 5.41 Å². The minimum Gasteiger partial charge on any atom is -0.327 e. The molecule has 3 aliphatic rings. The van der Waals surface area contributed by atoms with Crippen molar-refractivity contribution in [3.05, 3.63) is 34.9 Å². The lowest BCUT2D eigenvalue weighted by Gasteiger charge is -2.29. The van der Waals surface area contributed by atoms with E-state index in [1.807, 2.05) is 18.2 Å². The number of piperidine rings is 1. The van der Waals surface area contributed by atoms with E-state index in [4.69, 9.17) is 5.73 Å². The van der Waals surface area contributed by atoms with Gasteiger partial charge < -0.3 is 16.0 Å². The van der Waals surface area contributed by atoms with E-state index in [1.54, 1.807) is 4.90 Å². The molecule has 0 radical (unpaired) electrons. The van der Waals surface area contributed by atoms with Crippen LogP contribution in [0.2, 0.25) is 0 Å². The molecular weight excluding hydrogens is 344 g/mol. The molecule has 1 saturated heterocycles. The van der Waals surface area contributed by atoms with Gasteiger partial charge in [0.15, 0.2) is 0 Å². The summed E-state index contributed by atoms with van der Waals surface area (Å²) in [6, 6.07) is 5.34. The molecule has 2 unspecified atom stereocenters. The van der Waals surface area contributed by atoms with Gasteiger partial charge in [-0.05, 0) is 48.8 Å². The number of rotatable bonds is 6. The average molecular weight is 370 g/mol. The van der Waals surface area contributed by atoms with Gasteiger partial charge in [-0.25, -0.2) is 0 Å². The fourth-order valence-electron chi connectivity index (χ4n) is 4.22. The molecule has 0 aromatic heterocycles. The van der Waals surface area contributed by atoms with Crippen molar-refractivity contribution in [3.8, 4) is 0 Å². The maximum atomic E-state index is 12.8. The van der Waals surface area contributed by atoms with Gasteiger partial charge in [-0.15, -0.1) is 0 Å². The normalized spacial score (nSPS) is 24.6. The third kappa shape index (κ3) is 3.26. The van der Waals surface area contributed by atoms with Crippen molar-refractivity contribution in [2.45, 2.75) is 57.8 Å².